The van der Waals surface area contributed by atoms with Crippen LogP contribution in [0.15, 0.2) is 0 Å². The quantitative estimate of drug-likeness (QED) is 0.382. The molecule has 0 fully saturated rings. The van der Waals surface area contributed by atoms with Crippen molar-refractivity contribution >= 4 is 22.1 Å². The lowest BCUT2D eigenvalue weighted by Crippen LogP contribution is -2.34. The Bertz CT molecular complexity index is 385. The minimum absolute atomic E-state index is 0.00263. The number of carbonyl (C=O) groups excluding carboxylic acids is 1. The maximum atomic E-state index is 11.3. The molecule has 0 aromatic rings. The lowest BCUT2D eigenvalue weighted by molar-refractivity contribution is -0.147. The Kier molecular flexibility index (Phi) is 6.85. The zero-order valence-corrected chi connectivity index (χ0v) is 11.1. The summed E-state index contributed by atoms with van der Waals surface area (Å²) in [6.07, 6.45) is 0.333. The number of carboxylic acids is 1. The summed E-state index contributed by atoms with van der Waals surface area (Å²) in [5, 5.41) is 6.40. The minimum Gasteiger partial charge on any atom is -0.481 e. The third-order valence-corrected chi connectivity index (χ3v) is 3.23. The van der Waals surface area contributed by atoms with Gasteiger partial charge in [0.25, 0.3) is 10.1 Å². The van der Waals surface area contributed by atoms with E-state index in [1.54, 1.807) is 0 Å². The van der Waals surface area contributed by atoms with Crippen LogP contribution in [0, 0.1) is 5.92 Å². The number of rotatable bonds is 8. The average molecular weight is 282 g/mol. The van der Waals surface area contributed by atoms with Gasteiger partial charge in [0.2, 0.25) is 0 Å². The third kappa shape index (κ3) is 7.23. The molecule has 0 radical (unpaired) electrons. The second-order valence-electron chi connectivity index (χ2n) is 4.31. The van der Waals surface area contributed by atoms with Crippen LogP contribution in [-0.2, 0) is 24.4 Å². The highest BCUT2D eigenvalue weighted by Crippen LogP contribution is 2.09. The number of carbonyl (C=O) groups is 2. The summed E-state index contributed by atoms with van der Waals surface area (Å²) in [7, 11) is -4.77. The van der Waals surface area contributed by atoms with Gasteiger partial charge in [0.15, 0.2) is 5.25 Å². The molecule has 0 saturated carbocycles. The number of hydrogen-bond donors (Lipinski definition) is 2. The van der Waals surface area contributed by atoms with Gasteiger partial charge in [-0.05, 0) is 18.8 Å². The van der Waals surface area contributed by atoms with Gasteiger partial charge in [-0.25, -0.2) is 0 Å². The predicted octanol–water partition coefficient (Wildman–Crippen LogP) is 0.697. The Hall–Kier alpha value is -1.15. The first kappa shape index (κ1) is 16.9. The first-order valence-corrected chi connectivity index (χ1v) is 6.99. The molecule has 0 rings (SSSR count). The van der Waals surface area contributed by atoms with E-state index in [-0.39, 0.29) is 6.61 Å². The van der Waals surface area contributed by atoms with E-state index in [1.165, 1.54) is 0 Å². The smallest absolute Gasteiger partial charge is 0.327 e. The molecule has 0 amide bonds. The molecule has 0 aliphatic carbocycles. The van der Waals surface area contributed by atoms with Gasteiger partial charge in [0.1, 0.15) is 0 Å². The Morgan fingerprint density at radius 1 is 1.28 bits per heavy atom. The van der Waals surface area contributed by atoms with Gasteiger partial charge in [0.05, 0.1) is 13.0 Å². The molecule has 0 aromatic carbocycles. The zero-order chi connectivity index (χ0) is 14.3. The molecule has 0 heterocycles. The normalized spacial score (nSPS) is 13.3. The standard InChI is InChI=1S/C10H18O7S/c1-7(2)4-3-5-17-10(13)8(6-9(11)12)18(14,15)16/h7-8H,3-6H2,1-2H3,(H,11,12)(H,14,15,16). The molecule has 0 aromatic heterocycles. The third-order valence-electron chi connectivity index (χ3n) is 2.15. The van der Waals surface area contributed by atoms with Crippen LogP contribution >= 0.6 is 0 Å². The molecule has 0 spiro atoms. The van der Waals surface area contributed by atoms with Gasteiger partial charge < -0.3 is 9.84 Å². The molecule has 0 bridgehead atoms. The first-order chi connectivity index (χ1) is 8.14. The monoisotopic (exact) mass is 282 g/mol. The molecule has 0 saturated heterocycles. The maximum absolute atomic E-state index is 11.3. The highest BCUT2D eigenvalue weighted by Gasteiger charge is 2.34. The van der Waals surface area contributed by atoms with Crippen LogP contribution in [0.25, 0.3) is 0 Å². The zero-order valence-electron chi connectivity index (χ0n) is 10.3. The lowest BCUT2D eigenvalue weighted by Gasteiger charge is -2.11. The fourth-order valence-corrected chi connectivity index (χ4v) is 1.89. The highest BCUT2D eigenvalue weighted by atomic mass is 32.2. The largest absolute Gasteiger partial charge is 0.481 e. The summed E-state index contributed by atoms with van der Waals surface area (Å²) in [6.45, 7) is 3.96. The fourth-order valence-electron chi connectivity index (χ4n) is 1.23. The molecule has 106 valence electrons. The van der Waals surface area contributed by atoms with E-state index < -0.39 is 33.7 Å². The van der Waals surface area contributed by atoms with E-state index in [1.807, 2.05) is 13.8 Å². The molecule has 2 N–H and O–H groups in total. The van der Waals surface area contributed by atoms with Gasteiger partial charge in [0, 0.05) is 0 Å². The second kappa shape index (κ2) is 7.32. The Balaban J connectivity index is 4.36. The molecule has 18 heavy (non-hydrogen) atoms. The van der Waals surface area contributed by atoms with Crippen molar-refractivity contribution in [1.29, 1.82) is 0 Å². The second-order valence-corrected chi connectivity index (χ2v) is 5.90. The van der Waals surface area contributed by atoms with Crippen molar-refractivity contribution in [3.63, 3.8) is 0 Å². The van der Waals surface area contributed by atoms with Crippen molar-refractivity contribution in [3.05, 3.63) is 0 Å². The van der Waals surface area contributed by atoms with Crippen molar-refractivity contribution in [2.75, 3.05) is 6.61 Å². The van der Waals surface area contributed by atoms with Crippen molar-refractivity contribution < 1.29 is 32.4 Å². The summed E-state index contributed by atoms with van der Waals surface area (Å²) in [5.41, 5.74) is 0. The van der Waals surface area contributed by atoms with Gasteiger partial charge in [-0.3, -0.25) is 14.1 Å². The van der Waals surface area contributed by atoms with Crippen LogP contribution in [0.3, 0.4) is 0 Å². The maximum Gasteiger partial charge on any atom is 0.327 e. The lowest BCUT2D eigenvalue weighted by atomic mass is 10.1. The average Bonchev–Trinajstić information content (AvgIpc) is 2.18. The summed E-state index contributed by atoms with van der Waals surface area (Å²) in [5.74, 6) is -2.32. The van der Waals surface area contributed by atoms with Crippen molar-refractivity contribution in [2.45, 2.75) is 38.4 Å². The van der Waals surface area contributed by atoms with Crippen molar-refractivity contribution in [1.82, 2.24) is 0 Å². The number of esters is 1. The number of hydrogen-bond acceptors (Lipinski definition) is 5. The van der Waals surface area contributed by atoms with E-state index in [0.717, 1.165) is 6.42 Å². The van der Waals surface area contributed by atoms with Crippen LogP contribution in [-0.4, -0.2) is 41.9 Å². The molecule has 7 nitrogen and oxygen atoms in total. The summed E-state index contributed by atoms with van der Waals surface area (Å²) >= 11 is 0. The van der Waals surface area contributed by atoms with Crippen LogP contribution in [0.4, 0.5) is 0 Å². The first-order valence-electron chi connectivity index (χ1n) is 5.49. The Morgan fingerprint density at radius 3 is 2.22 bits per heavy atom. The number of carboxylic acid groups (broad SMARTS) is 1. The van der Waals surface area contributed by atoms with Crippen molar-refractivity contribution in [3.8, 4) is 0 Å². The van der Waals surface area contributed by atoms with E-state index in [2.05, 4.69) is 4.74 Å². The van der Waals surface area contributed by atoms with E-state index in [4.69, 9.17) is 9.66 Å². The van der Waals surface area contributed by atoms with Crippen LogP contribution in [0.5, 0.6) is 0 Å². The Labute approximate surface area is 106 Å². The fraction of sp³-hybridized carbons (Fsp3) is 0.800. The van der Waals surface area contributed by atoms with Gasteiger partial charge >= 0.3 is 11.9 Å². The van der Waals surface area contributed by atoms with Crippen molar-refractivity contribution in [2.24, 2.45) is 5.92 Å². The van der Waals surface area contributed by atoms with Gasteiger partial charge in [-0.15, -0.1) is 0 Å². The molecule has 0 aliphatic rings. The molecule has 0 aliphatic heterocycles. The van der Waals surface area contributed by atoms with Crippen LogP contribution in [0.2, 0.25) is 0 Å². The van der Waals surface area contributed by atoms with Gasteiger partial charge in [-0.1, -0.05) is 13.8 Å². The summed E-state index contributed by atoms with van der Waals surface area (Å²) in [4.78, 5) is 21.7. The van der Waals surface area contributed by atoms with Crippen LogP contribution < -0.4 is 0 Å². The topological polar surface area (TPSA) is 118 Å². The number of aliphatic carboxylic acids is 1. The molecular formula is C10H18O7S. The summed E-state index contributed by atoms with van der Waals surface area (Å²) in [6, 6.07) is 0. The minimum atomic E-state index is -4.77. The van der Waals surface area contributed by atoms with E-state index >= 15 is 0 Å². The molecular weight excluding hydrogens is 264 g/mol. The highest BCUT2D eigenvalue weighted by molar-refractivity contribution is 7.87. The summed E-state index contributed by atoms with van der Waals surface area (Å²) < 4.78 is 35.1. The number of ether oxygens (including phenoxy) is 1. The molecule has 8 heteroatoms. The van der Waals surface area contributed by atoms with E-state index in [9.17, 15) is 18.0 Å². The van der Waals surface area contributed by atoms with E-state index in [0.29, 0.717) is 12.3 Å². The molecule has 1 atom stereocenters. The molecule has 1 unspecified atom stereocenters. The van der Waals surface area contributed by atoms with Gasteiger partial charge in [-0.2, -0.15) is 8.42 Å². The SMILES string of the molecule is CC(C)CCCOC(=O)C(CC(=O)O)S(=O)(=O)O. The Morgan fingerprint density at radius 2 is 1.83 bits per heavy atom. The predicted molar refractivity (Wildman–Crippen MR) is 62.6 cm³/mol. The van der Waals surface area contributed by atoms with Crippen LogP contribution in [0.1, 0.15) is 33.1 Å².